The van der Waals surface area contributed by atoms with Gasteiger partial charge >= 0.3 is 5.97 Å². The number of carboxylic acid groups (broad SMARTS) is 1. The number of aromatic carboxylic acids is 1. The van der Waals surface area contributed by atoms with Crippen molar-refractivity contribution in [3.05, 3.63) is 34.9 Å². The van der Waals surface area contributed by atoms with Crippen LogP contribution in [-0.2, 0) is 4.79 Å². The maximum atomic E-state index is 11.8. The summed E-state index contributed by atoms with van der Waals surface area (Å²) in [7, 11) is 0. The quantitative estimate of drug-likeness (QED) is 0.697. The number of carbonyl (C=O) groups excluding carboxylic acids is 3. The fourth-order valence-electron chi connectivity index (χ4n) is 1.72. The molecule has 0 fully saturated rings. The molecule has 0 unspecified atom stereocenters. The van der Waals surface area contributed by atoms with Crippen LogP contribution in [0.4, 0.5) is 0 Å². The summed E-state index contributed by atoms with van der Waals surface area (Å²) in [6, 6.07) is 3.58. The molecule has 1 aromatic rings. The van der Waals surface area contributed by atoms with E-state index in [-0.39, 0.29) is 16.7 Å². The van der Waals surface area contributed by atoms with E-state index in [1.165, 1.54) is 12.1 Å². The van der Waals surface area contributed by atoms with Gasteiger partial charge in [0, 0.05) is 0 Å². The Balaban J connectivity index is 2.45. The van der Waals surface area contributed by atoms with Crippen molar-refractivity contribution in [2.24, 2.45) is 5.73 Å². The lowest BCUT2D eigenvalue weighted by atomic mass is 10.1. The molecule has 0 aliphatic carbocycles. The van der Waals surface area contributed by atoms with Gasteiger partial charge in [-0.2, -0.15) is 0 Å². The number of hydrogen-bond acceptors (Lipinski definition) is 4. The Bertz CT molecular complexity index is 593. The number of amides is 3. The van der Waals surface area contributed by atoms with Gasteiger partial charge in [0.05, 0.1) is 16.7 Å². The van der Waals surface area contributed by atoms with Crippen molar-refractivity contribution in [2.45, 2.75) is 0 Å². The Morgan fingerprint density at radius 3 is 2.33 bits per heavy atom. The molecule has 0 spiro atoms. The highest BCUT2D eigenvalue weighted by molar-refractivity contribution is 6.22. The summed E-state index contributed by atoms with van der Waals surface area (Å²) in [4.78, 5) is 45.8. The third-order valence-corrected chi connectivity index (χ3v) is 2.53. The predicted molar refractivity (Wildman–Crippen MR) is 58.0 cm³/mol. The molecule has 3 amide bonds. The Morgan fingerprint density at radius 2 is 1.78 bits per heavy atom. The third-order valence-electron chi connectivity index (χ3n) is 2.53. The summed E-state index contributed by atoms with van der Waals surface area (Å²) in [6.45, 7) is -0.519. The highest BCUT2D eigenvalue weighted by atomic mass is 16.4. The fraction of sp³-hybridized carbons (Fsp3) is 0.0909. The average molecular weight is 248 g/mol. The van der Waals surface area contributed by atoms with Gasteiger partial charge in [-0.15, -0.1) is 0 Å². The number of carbonyl (C=O) groups is 4. The average Bonchev–Trinajstić information content (AvgIpc) is 2.53. The topological polar surface area (TPSA) is 118 Å². The molecule has 3 N–H and O–H groups in total. The van der Waals surface area contributed by atoms with Crippen LogP contribution in [0.15, 0.2) is 18.2 Å². The molecule has 1 heterocycles. The number of nitrogens with two attached hydrogens (primary N) is 1. The second kappa shape index (κ2) is 3.95. The van der Waals surface area contributed by atoms with Crippen molar-refractivity contribution in [1.29, 1.82) is 0 Å². The van der Waals surface area contributed by atoms with Crippen LogP contribution in [0.3, 0.4) is 0 Å². The van der Waals surface area contributed by atoms with Gasteiger partial charge in [-0.25, -0.2) is 4.79 Å². The van der Waals surface area contributed by atoms with E-state index in [2.05, 4.69) is 0 Å². The molecule has 2 rings (SSSR count). The Morgan fingerprint density at radius 1 is 1.17 bits per heavy atom. The second-order valence-electron chi connectivity index (χ2n) is 3.73. The lowest BCUT2D eigenvalue weighted by Gasteiger charge is -2.10. The summed E-state index contributed by atoms with van der Waals surface area (Å²) in [5.41, 5.74) is 4.88. The van der Waals surface area contributed by atoms with Crippen LogP contribution in [0.5, 0.6) is 0 Å². The molecule has 0 bridgehead atoms. The molecule has 18 heavy (non-hydrogen) atoms. The number of nitrogens with zero attached hydrogens (tertiary/aromatic N) is 1. The number of hydrogen-bond donors (Lipinski definition) is 2. The number of rotatable bonds is 3. The van der Waals surface area contributed by atoms with Gasteiger partial charge in [0.15, 0.2) is 0 Å². The van der Waals surface area contributed by atoms with Gasteiger partial charge in [0.1, 0.15) is 6.54 Å². The van der Waals surface area contributed by atoms with E-state index >= 15 is 0 Å². The van der Waals surface area contributed by atoms with Crippen molar-refractivity contribution in [3.8, 4) is 0 Å². The van der Waals surface area contributed by atoms with Gasteiger partial charge < -0.3 is 10.8 Å². The van der Waals surface area contributed by atoms with Crippen LogP contribution in [0.1, 0.15) is 31.1 Å². The largest absolute Gasteiger partial charge is 0.478 e. The van der Waals surface area contributed by atoms with E-state index in [9.17, 15) is 19.2 Å². The molecule has 0 saturated heterocycles. The minimum Gasteiger partial charge on any atom is -0.478 e. The van der Waals surface area contributed by atoms with Crippen molar-refractivity contribution >= 4 is 23.7 Å². The smallest absolute Gasteiger partial charge is 0.335 e. The summed E-state index contributed by atoms with van der Waals surface area (Å²) in [5, 5.41) is 8.80. The number of imide groups is 1. The first kappa shape index (κ1) is 11.8. The molecule has 0 radical (unpaired) electrons. The SMILES string of the molecule is NC(=O)CN1C(=O)c2ccc(C(=O)O)cc2C1=O. The molecule has 1 aromatic carbocycles. The molecule has 0 atom stereocenters. The van der Waals surface area contributed by atoms with E-state index < -0.39 is 30.2 Å². The third kappa shape index (κ3) is 1.71. The van der Waals surface area contributed by atoms with E-state index in [0.29, 0.717) is 4.90 Å². The summed E-state index contributed by atoms with van der Waals surface area (Å²) in [6.07, 6.45) is 0. The summed E-state index contributed by atoms with van der Waals surface area (Å²) in [5.74, 6) is -3.38. The lowest BCUT2D eigenvalue weighted by Crippen LogP contribution is -2.37. The van der Waals surface area contributed by atoms with E-state index in [0.717, 1.165) is 6.07 Å². The zero-order valence-electron chi connectivity index (χ0n) is 9.04. The molecule has 0 saturated carbocycles. The van der Waals surface area contributed by atoms with Crippen LogP contribution in [0.25, 0.3) is 0 Å². The zero-order chi connectivity index (χ0) is 13.4. The van der Waals surface area contributed by atoms with Crippen LogP contribution in [-0.4, -0.2) is 40.2 Å². The molecule has 1 aliphatic heterocycles. The zero-order valence-corrected chi connectivity index (χ0v) is 9.04. The van der Waals surface area contributed by atoms with Crippen LogP contribution in [0.2, 0.25) is 0 Å². The standard InChI is InChI=1S/C11H8N2O5/c12-8(14)4-13-9(15)6-2-1-5(11(17)18)3-7(6)10(13)16/h1-3H,4H2,(H2,12,14)(H,17,18). The van der Waals surface area contributed by atoms with E-state index in [1.807, 2.05) is 0 Å². The second-order valence-corrected chi connectivity index (χ2v) is 3.73. The van der Waals surface area contributed by atoms with Crippen molar-refractivity contribution in [1.82, 2.24) is 4.90 Å². The minimum atomic E-state index is -1.20. The molecular formula is C11H8N2O5. The van der Waals surface area contributed by atoms with Gasteiger partial charge in [0.25, 0.3) is 11.8 Å². The molecule has 0 aromatic heterocycles. The van der Waals surface area contributed by atoms with Crippen LogP contribution in [0, 0.1) is 0 Å². The maximum absolute atomic E-state index is 11.8. The summed E-state index contributed by atoms with van der Waals surface area (Å²) < 4.78 is 0. The van der Waals surface area contributed by atoms with E-state index in [1.54, 1.807) is 0 Å². The van der Waals surface area contributed by atoms with Gasteiger partial charge in [-0.05, 0) is 18.2 Å². The fourth-order valence-corrected chi connectivity index (χ4v) is 1.72. The Hall–Kier alpha value is -2.70. The normalized spacial score (nSPS) is 13.7. The highest BCUT2D eigenvalue weighted by Crippen LogP contribution is 2.23. The van der Waals surface area contributed by atoms with Crippen molar-refractivity contribution in [2.75, 3.05) is 6.54 Å². The number of carboxylic acids is 1. The van der Waals surface area contributed by atoms with Crippen molar-refractivity contribution in [3.63, 3.8) is 0 Å². The predicted octanol–water partition coefficient (Wildman–Crippen LogP) is -0.534. The first-order chi connectivity index (χ1) is 8.41. The molecule has 7 nitrogen and oxygen atoms in total. The molecular weight excluding hydrogens is 240 g/mol. The van der Waals surface area contributed by atoms with Gasteiger partial charge in [-0.3, -0.25) is 19.3 Å². The minimum absolute atomic E-state index is 0.0267. The van der Waals surface area contributed by atoms with Gasteiger partial charge in [-0.1, -0.05) is 0 Å². The molecule has 7 heteroatoms. The number of benzene rings is 1. The maximum Gasteiger partial charge on any atom is 0.335 e. The molecule has 92 valence electrons. The number of primary amides is 1. The lowest BCUT2D eigenvalue weighted by molar-refractivity contribution is -0.118. The van der Waals surface area contributed by atoms with E-state index in [4.69, 9.17) is 10.8 Å². The first-order valence-electron chi connectivity index (χ1n) is 4.93. The highest BCUT2D eigenvalue weighted by Gasteiger charge is 2.36. The van der Waals surface area contributed by atoms with Gasteiger partial charge in [0.2, 0.25) is 5.91 Å². The number of fused-ring (bicyclic) bond motifs is 1. The van der Waals surface area contributed by atoms with Crippen LogP contribution < -0.4 is 5.73 Å². The Labute approximate surface area is 101 Å². The monoisotopic (exact) mass is 248 g/mol. The van der Waals surface area contributed by atoms with Crippen LogP contribution >= 0.6 is 0 Å². The summed E-state index contributed by atoms with van der Waals surface area (Å²) >= 11 is 0. The van der Waals surface area contributed by atoms with Crippen molar-refractivity contribution < 1.29 is 24.3 Å². The molecule has 1 aliphatic rings. The Kier molecular flexibility index (Phi) is 2.59. The first-order valence-corrected chi connectivity index (χ1v) is 4.93.